The predicted molar refractivity (Wildman–Crippen MR) is 80.8 cm³/mol. The number of rotatable bonds is 4. The summed E-state index contributed by atoms with van der Waals surface area (Å²) in [5, 5.41) is 0. The molecule has 0 radical (unpaired) electrons. The van der Waals surface area contributed by atoms with Crippen LogP contribution in [0, 0.1) is 0 Å². The van der Waals surface area contributed by atoms with E-state index in [1.54, 1.807) is 36.4 Å². The molecule has 0 heterocycles. The molecule has 100 valence electrons. The van der Waals surface area contributed by atoms with Gasteiger partial charge in [-0.25, -0.2) is 8.42 Å². The van der Waals surface area contributed by atoms with Crippen LogP contribution < -0.4 is 4.31 Å². The number of para-hydroxylation sites is 1. The van der Waals surface area contributed by atoms with Gasteiger partial charge in [-0.2, -0.15) is 0 Å². The normalized spacial score (nSPS) is 11.3. The molecule has 0 amide bonds. The molecule has 0 atom stereocenters. The fraction of sp³-hybridized carbons (Fsp3) is 0.143. The van der Waals surface area contributed by atoms with Crippen molar-refractivity contribution in [2.45, 2.75) is 11.8 Å². The van der Waals surface area contributed by atoms with E-state index in [0.717, 1.165) is 4.47 Å². The third-order valence-electron chi connectivity index (χ3n) is 2.72. The Morgan fingerprint density at radius 1 is 1.05 bits per heavy atom. The molecule has 0 bridgehead atoms. The monoisotopic (exact) mass is 339 g/mol. The highest BCUT2D eigenvalue weighted by molar-refractivity contribution is 9.10. The third-order valence-corrected chi connectivity index (χ3v) is 5.11. The fourth-order valence-corrected chi connectivity index (χ4v) is 3.91. The molecule has 3 nitrogen and oxygen atoms in total. The minimum Gasteiger partial charge on any atom is -0.267 e. The Hall–Kier alpha value is -1.33. The molecule has 0 aliphatic heterocycles. The average molecular weight is 340 g/mol. The zero-order chi connectivity index (χ0) is 13.9. The number of anilines is 1. The van der Waals surface area contributed by atoms with E-state index in [0.29, 0.717) is 12.2 Å². The van der Waals surface area contributed by atoms with Gasteiger partial charge in [0.15, 0.2) is 0 Å². The summed E-state index contributed by atoms with van der Waals surface area (Å²) in [6.07, 6.45) is 0. The van der Waals surface area contributed by atoms with Gasteiger partial charge in [-0.05, 0) is 37.3 Å². The summed E-state index contributed by atoms with van der Waals surface area (Å²) in [5.41, 5.74) is 0.671. The Morgan fingerprint density at radius 3 is 2.32 bits per heavy atom. The van der Waals surface area contributed by atoms with Crippen molar-refractivity contribution in [2.75, 3.05) is 10.8 Å². The topological polar surface area (TPSA) is 37.4 Å². The van der Waals surface area contributed by atoms with Gasteiger partial charge in [-0.15, -0.1) is 0 Å². The van der Waals surface area contributed by atoms with Crippen LogP contribution in [-0.2, 0) is 10.0 Å². The number of nitrogens with zero attached hydrogens (tertiary/aromatic N) is 1. The molecule has 0 saturated heterocycles. The molecule has 2 rings (SSSR count). The first kappa shape index (κ1) is 14.1. The zero-order valence-corrected chi connectivity index (χ0v) is 12.9. The van der Waals surface area contributed by atoms with E-state index in [4.69, 9.17) is 0 Å². The molecule has 0 N–H and O–H groups in total. The molecule has 0 aliphatic carbocycles. The van der Waals surface area contributed by atoms with Gasteiger partial charge < -0.3 is 0 Å². The lowest BCUT2D eigenvalue weighted by Crippen LogP contribution is -2.30. The van der Waals surface area contributed by atoms with Crippen LogP contribution in [0.4, 0.5) is 5.69 Å². The van der Waals surface area contributed by atoms with Crippen molar-refractivity contribution in [3.63, 3.8) is 0 Å². The molecule has 5 heteroatoms. The molecule has 0 spiro atoms. The second-order valence-electron chi connectivity index (χ2n) is 3.96. The SMILES string of the molecule is CCN(c1ccccc1)S(=O)(=O)c1cccc(Br)c1. The Morgan fingerprint density at radius 2 is 1.74 bits per heavy atom. The summed E-state index contributed by atoms with van der Waals surface area (Å²) in [6, 6.07) is 15.8. The lowest BCUT2D eigenvalue weighted by Gasteiger charge is -2.22. The van der Waals surface area contributed by atoms with Gasteiger partial charge in [0.2, 0.25) is 0 Å². The van der Waals surface area contributed by atoms with Crippen molar-refractivity contribution in [1.29, 1.82) is 0 Å². The summed E-state index contributed by atoms with van der Waals surface area (Å²) < 4.78 is 27.4. The quantitative estimate of drug-likeness (QED) is 0.852. The molecule has 0 saturated carbocycles. The highest BCUT2D eigenvalue weighted by Gasteiger charge is 2.23. The van der Waals surface area contributed by atoms with Crippen molar-refractivity contribution >= 4 is 31.6 Å². The van der Waals surface area contributed by atoms with E-state index in [9.17, 15) is 8.42 Å². The van der Waals surface area contributed by atoms with Gasteiger partial charge in [0.1, 0.15) is 0 Å². The van der Waals surface area contributed by atoms with Gasteiger partial charge in [0, 0.05) is 11.0 Å². The Labute approximate surface area is 122 Å². The first-order valence-corrected chi connectivity index (χ1v) is 8.12. The van der Waals surface area contributed by atoms with Crippen LogP contribution in [0.15, 0.2) is 64.0 Å². The van der Waals surface area contributed by atoms with E-state index in [1.807, 2.05) is 25.1 Å². The number of hydrogen-bond donors (Lipinski definition) is 0. The van der Waals surface area contributed by atoms with Crippen LogP contribution in [-0.4, -0.2) is 15.0 Å². The van der Waals surface area contributed by atoms with Crippen molar-refractivity contribution in [3.05, 3.63) is 59.1 Å². The molecular weight excluding hydrogens is 326 g/mol. The molecule has 0 unspecified atom stereocenters. The maximum absolute atomic E-state index is 12.6. The van der Waals surface area contributed by atoms with Gasteiger partial charge in [-0.1, -0.05) is 40.2 Å². The Kier molecular flexibility index (Phi) is 4.27. The summed E-state index contributed by atoms with van der Waals surface area (Å²) in [4.78, 5) is 0.285. The Bertz CT molecular complexity index is 656. The minimum absolute atomic E-state index is 0.285. The van der Waals surface area contributed by atoms with Crippen LogP contribution >= 0.6 is 15.9 Å². The van der Waals surface area contributed by atoms with Crippen LogP contribution in [0.3, 0.4) is 0 Å². The zero-order valence-electron chi connectivity index (χ0n) is 10.5. The van der Waals surface area contributed by atoms with Gasteiger partial charge >= 0.3 is 0 Å². The summed E-state index contributed by atoms with van der Waals surface area (Å²) in [7, 11) is -3.52. The molecule has 19 heavy (non-hydrogen) atoms. The van der Waals surface area contributed by atoms with Crippen LogP contribution in [0.1, 0.15) is 6.92 Å². The largest absolute Gasteiger partial charge is 0.267 e. The molecule has 2 aromatic carbocycles. The third kappa shape index (κ3) is 2.98. The highest BCUT2D eigenvalue weighted by atomic mass is 79.9. The minimum atomic E-state index is -3.52. The summed E-state index contributed by atoms with van der Waals surface area (Å²) in [5.74, 6) is 0. The van der Waals surface area contributed by atoms with Crippen molar-refractivity contribution in [2.24, 2.45) is 0 Å². The number of sulfonamides is 1. The first-order valence-electron chi connectivity index (χ1n) is 5.89. The van der Waals surface area contributed by atoms with E-state index in [-0.39, 0.29) is 4.90 Å². The van der Waals surface area contributed by atoms with Crippen molar-refractivity contribution in [3.8, 4) is 0 Å². The number of benzene rings is 2. The number of halogens is 1. The lowest BCUT2D eigenvalue weighted by atomic mass is 10.3. The average Bonchev–Trinajstić information content (AvgIpc) is 2.40. The van der Waals surface area contributed by atoms with E-state index in [1.165, 1.54) is 4.31 Å². The second kappa shape index (κ2) is 5.75. The maximum atomic E-state index is 12.6. The summed E-state index contributed by atoms with van der Waals surface area (Å²) >= 11 is 3.30. The Balaban J connectivity index is 2.48. The predicted octanol–water partition coefficient (Wildman–Crippen LogP) is 3.66. The van der Waals surface area contributed by atoms with Gasteiger partial charge in [-0.3, -0.25) is 4.31 Å². The van der Waals surface area contributed by atoms with E-state index >= 15 is 0 Å². The van der Waals surface area contributed by atoms with Crippen LogP contribution in [0.2, 0.25) is 0 Å². The molecule has 0 aliphatic rings. The van der Waals surface area contributed by atoms with Gasteiger partial charge in [0.25, 0.3) is 10.0 Å². The maximum Gasteiger partial charge on any atom is 0.264 e. The van der Waals surface area contributed by atoms with E-state index in [2.05, 4.69) is 15.9 Å². The van der Waals surface area contributed by atoms with Crippen LogP contribution in [0.25, 0.3) is 0 Å². The molecule has 2 aromatic rings. The smallest absolute Gasteiger partial charge is 0.264 e. The van der Waals surface area contributed by atoms with Gasteiger partial charge in [0.05, 0.1) is 10.6 Å². The molecule has 0 fully saturated rings. The molecular formula is C14H14BrNO2S. The summed E-state index contributed by atoms with van der Waals surface area (Å²) in [6.45, 7) is 2.21. The second-order valence-corrected chi connectivity index (χ2v) is 6.74. The highest BCUT2D eigenvalue weighted by Crippen LogP contribution is 2.24. The molecule has 0 aromatic heterocycles. The fourth-order valence-electron chi connectivity index (χ4n) is 1.84. The van der Waals surface area contributed by atoms with Crippen LogP contribution in [0.5, 0.6) is 0 Å². The number of hydrogen-bond acceptors (Lipinski definition) is 2. The standard InChI is InChI=1S/C14H14BrNO2S/c1-2-16(13-8-4-3-5-9-13)19(17,18)14-10-6-7-12(15)11-14/h3-11H,2H2,1H3. The van der Waals surface area contributed by atoms with E-state index < -0.39 is 10.0 Å². The first-order chi connectivity index (χ1) is 9.05. The van der Waals surface area contributed by atoms with Crippen molar-refractivity contribution in [1.82, 2.24) is 0 Å². The van der Waals surface area contributed by atoms with Crippen molar-refractivity contribution < 1.29 is 8.42 Å². The lowest BCUT2D eigenvalue weighted by molar-refractivity contribution is 0.592.